The van der Waals surface area contributed by atoms with Gasteiger partial charge in [0.15, 0.2) is 0 Å². The molecule has 1 aliphatic heterocycles. The molecule has 15 heavy (non-hydrogen) atoms. The number of ether oxygens (including phenoxy) is 1. The van der Waals surface area contributed by atoms with E-state index >= 15 is 0 Å². The van der Waals surface area contributed by atoms with Gasteiger partial charge in [-0.15, -0.1) is 0 Å². The van der Waals surface area contributed by atoms with Gasteiger partial charge in [0.2, 0.25) is 0 Å². The van der Waals surface area contributed by atoms with Crippen LogP contribution in [0.4, 0.5) is 0 Å². The van der Waals surface area contributed by atoms with Crippen LogP contribution >= 0.6 is 0 Å². The van der Waals surface area contributed by atoms with E-state index in [1.807, 2.05) is 0 Å². The molecule has 0 unspecified atom stereocenters. The van der Waals surface area contributed by atoms with Gasteiger partial charge in [-0.25, -0.2) is 0 Å². The van der Waals surface area contributed by atoms with Gasteiger partial charge < -0.3 is 4.74 Å². The Kier molecular flexibility index (Phi) is 5.03. The van der Waals surface area contributed by atoms with Crippen LogP contribution in [0.3, 0.4) is 0 Å². The number of methoxy groups -OCH3 is 1. The van der Waals surface area contributed by atoms with Crippen molar-refractivity contribution in [3.05, 3.63) is 0 Å². The van der Waals surface area contributed by atoms with Gasteiger partial charge in [0.25, 0.3) is 0 Å². The van der Waals surface area contributed by atoms with Crippen molar-refractivity contribution in [2.45, 2.75) is 32.7 Å². The molecular formula is C12H26N2O. The molecule has 0 aromatic heterocycles. The predicted molar refractivity (Wildman–Crippen MR) is 64.3 cm³/mol. The van der Waals surface area contributed by atoms with Crippen LogP contribution < -0.4 is 0 Å². The summed E-state index contributed by atoms with van der Waals surface area (Å²) in [4.78, 5) is 5.10. The van der Waals surface area contributed by atoms with Crippen LogP contribution in [0.5, 0.6) is 0 Å². The summed E-state index contributed by atoms with van der Waals surface area (Å²) in [6, 6.07) is 0. The summed E-state index contributed by atoms with van der Waals surface area (Å²) in [5.41, 5.74) is 0.368. The van der Waals surface area contributed by atoms with Crippen LogP contribution in [-0.4, -0.2) is 61.8 Å². The minimum Gasteiger partial charge on any atom is -0.383 e. The number of hydrogen-bond acceptors (Lipinski definition) is 3. The van der Waals surface area contributed by atoms with E-state index in [1.54, 1.807) is 7.11 Å². The van der Waals surface area contributed by atoms with Crippen molar-refractivity contribution in [3.8, 4) is 0 Å². The maximum atomic E-state index is 5.10. The van der Waals surface area contributed by atoms with Gasteiger partial charge in [0.05, 0.1) is 6.61 Å². The smallest absolute Gasteiger partial charge is 0.0589 e. The van der Waals surface area contributed by atoms with E-state index in [1.165, 1.54) is 32.6 Å². The van der Waals surface area contributed by atoms with Crippen molar-refractivity contribution in [1.29, 1.82) is 0 Å². The second kappa shape index (κ2) is 5.83. The van der Waals surface area contributed by atoms with Crippen molar-refractivity contribution >= 4 is 0 Å². The highest BCUT2D eigenvalue weighted by molar-refractivity contribution is 4.84. The summed E-state index contributed by atoms with van der Waals surface area (Å²) in [5, 5.41) is 0. The average molecular weight is 214 g/mol. The molecule has 1 rings (SSSR count). The Bertz CT molecular complexity index is 174. The van der Waals surface area contributed by atoms with Gasteiger partial charge in [-0.05, 0) is 20.3 Å². The standard InChI is InChI=1S/C12H26N2O/c1-5-12(2,3)14-8-6-13(7-9-14)10-11-15-4/h5-11H2,1-4H3. The summed E-state index contributed by atoms with van der Waals surface area (Å²) in [6.07, 6.45) is 1.23. The molecule has 0 aromatic carbocycles. The maximum absolute atomic E-state index is 5.10. The highest BCUT2D eigenvalue weighted by Crippen LogP contribution is 2.19. The van der Waals surface area contributed by atoms with Crippen LogP contribution in [0.2, 0.25) is 0 Å². The molecule has 0 atom stereocenters. The molecular weight excluding hydrogens is 188 g/mol. The van der Waals surface area contributed by atoms with Gasteiger partial charge in [-0.3, -0.25) is 9.80 Å². The van der Waals surface area contributed by atoms with Gasteiger partial charge in [-0.1, -0.05) is 6.92 Å². The van der Waals surface area contributed by atoms with Crippen molar-refractivity contribution in [1.82, 2.24) is 9.80 Å². The van der Waals surface area contributed by atoms with E-state index in [9.17, 15) is 0 Å². The second-order valence-corrected chi connectivity index (χ2v) is 4.99. The van der Waals surface area contributed by atoms with Crippen molar-refractivity contribution in [2.24, 2.45) is 0 Å². The van der Waals surface area contributed by atoms with Crippen LogP contribution in [0, 0.1) is 0 Å². The molecule has 0 radical (unpaired) electrons. The normalized spacial score (nSPS) is 20.8. The Labute approximate surface area is 94.4 Å². The molecule has 0 amide bonds. The molecule has 90 valence electrons. The zero-order valence-corrected chi connectivity index (χ0v) is 10.8. The van der Waals surface area contributed by atoms with E-state index < -0.39 is 0 Å². The van der Waals surface area contributed by atoms with E-state index in [2.05, 4.69) is 30.6 Å². The van der Waals surface area contributed by atoms with Crippen LogP contribution in [0.1, 0.15) is 27.2 Å². The largest absolute Gasteiger partial charge is 0.383 e. The quantitative estimate of drug-likeness (QED) is 0.689. The molecule has 0 spiro atoms. The maximum Gasteiger partial charge on any atom is 0.0589 e. The molecule has 0 N–H and O–H groups in total. The number of hydrogen-bond donors (Lipinski definition) is 0. The third kappa shape index (κ3) is 3.74. The second-order valence-electron chi connectivity index (χ2n) is 4.99. The Balaban J connectivity index is 2.29. The molecule has 0 bridgehead atoms. The molecule has 0 aliphatic carbocycles. The van der Waals surface area contributed by atoms with E-state index in [0.29, 0.717) is 5.54 Å². The van der Waals surface area contributed by atoms with Crippen molar-refractivity contribution < 1.29 is 4.74 Å². The Morgan fingerprint density at radius 3 is 2.20 bits per heavy atom. The van der Waals surface area contributed by atoms with Crippen molar-refractivity contribution in [3.63, 3.8) is 0 Å². The summed E-state index contributed by atoms with van der Waals surface area (Å²) >= 11 is 0. The fourth-order valence-corrected chi connectivity index (χ4v) is 2.02. The van der Waals surface area contributed by atoms with Gasteiger partial charge in [0.1, 0.15) is 0 Å². The van der Waals surface area contributed by atoms with E-state index in [-0.39, 0.29) is 0 Å². The molecule has 1 saturated heterocycles. The predicted octanol–water partition coefficient (Wildman–Crippen LogP) is 1.44. The molecule has 1 heterocycles. The van der Waals surface area contributed by atoms with E-state index in [4.69, 9.17) is 4.74 Å². The first-order chi connectivity index (χ1) is 7.10. The Hall–Kier alpha value is -0.120. The molecule has 0 aromatic rings. The minimum absolute atomic E-state index is 0.368. The Morgan fingerprint density at radius 1 is 1.13 bits per heavy atom. The number of rotatable bonds is 5. The lowest BCUT2D eigenvalue weighted by Gasteiger charge is -2.43. The fourth-order valence-electron chi connectivity index (χ4n) is 2.02. The summed E-state index contributed by atoms with van der Waals surface area (Å²) in [6.45, 7) is 13.7. The number of piperazine rings is 1. The summed E-state index contributed by atoms with van der Waals surface area (Å²) in [5.74, 6) is 0. The lowest BCUT2D eigenvalue weighted by atomic mass is 9.98. The highest BCUT2D eigenvalue weighted by atomic mass is 16.5. The first-order valence-corrected chi connectivity index (χ1v) is 6.06. The minimum atomic E-state index is 0.368. The third-order valence-corrected chi connectivity index (χ3v) is 3.71. The average Bonchev–Trinajstić information content (AvgIpc) is 2.27. The fraction of sp³-hybridized carbons (Fsp3) is 1.00. The first kappa shape index (κ1) is 12.9. The number of nitrogens with zero attached hydrogens (tertiary/aromatic N) is 2. The lowest BCUT2D eigenvalue weighted by Crippen LogP contribution is -2.54. The zero-order chi connectivity index (χ0) is 11.3. The monoisotopic (exact) mass is 214 g/mol. The highest BCUT2D eigenvalue weighted by Gasteiger charge is 2.27. The first-order valence-electron chi connectivity index (χ1n) is 6.06. The SMILES string of the molecule is CCC(C)(C)N1CCN(CCOC)CC1. The van der Waals surface area contributed by atoms with Crippen LogP contribution in [0.15, 0.2) is 0 Å². The van der Waals surface area contributed by atoms with E-state index in [0.717, 1.165) is 13.2 Å². The molecule has 3 heteroatoms. The molecule has 3 nitrogen and oxygen atoms in total. The zero-order valence-electron chi connectivity index (χ0n) is 10.8. The topological polar surface area (TPSA) is 15.7 Å². The van der Waals surface area contributed by atoms with Crippen LogP contribution in [0.25, 0.3) is 0 Å². The molecule has 1 fully saturated rings. The molecule has 1 aliphatic rings. The van der Waals surface area contributed by atoms with Crippen LogP contribution in [-0.2, 0) is 4.74 Å². The summed E-state index contributed by atoms with van der Waals surface area (Å²) < 4.78 is 5.10. The van der Waals surface area contributed by atoms with Gasteiger partial charge in [-0.2, -0.15) is 0 Å². The third-order valence-electron chi connectivity index (χ3n) is 3.71. The van der Waals surface area contributed by atoms with Gasteiger partial charge in [0, 0.05) is 45.4 Å². The summed E-state index contributed by atoms with van der Waals surface area (Å²) in [7, 11) is 1.77. The van der Waals surface area contributed by atoms with Crippen molar-refractivity contribution in [2.75, 3.05) is 46.4 Å². The van der Waals surface area contributed by atoms with Gasteiger partial charge >= 0.3 is 0 Å². The lowest BCUT2D eigenvalue weighted by molar-refractivity contribution is 0.0395. The Morgan fingerprint density at radius 2 is 1.73 bits per heavy atom. The molecule has 0 saturated carbocycles.